The molecular formula is C21H22N2O3. The zero-order valence-corrected chi connectivity index (χ0v) is 15.1. The Kier molecular flexibility index (Phi) is 5.27. The Morgan fingerprint density at radius 1 is 1.00 bits per heavy atom. The minimum atomic E-state index is -0.142. The molecule has 0 unspecified atom stereocenters. The molecule has 0 bridgehead atoms. The molecule has 0 saturated carbocycles. The lowest BCUT2D eigenvalue weighted by atomic mass is 10.0. The van der Waals surface area contributed by atoms with E-state index in [2.05, 4.69) is 10.3 Å². The second kappa shape index (κ2) is 7.78. The third-order valence-electron chi connectivity index (χ3n) is 4.20. The lowest BCUT2D eigenvalue weighted by molar-refractivity contribution is 0.391. The van der Waals surface area contributed by atoms with Crippen molar-refractivity contribution in [2.45, 2.75) is 13.5 Å². The maximum absolute atomic E-state index is 12.5. The van der Waals surface area contributed by atoms with Crippen LogP contribution in [0.25, 0.3) is 11.1 Å². The second-order valence-corrected chi connectivity index (χ2v) is 5.97. The van der Waals surface area contributed by atoms with Gasteiger partial charge in [-0.3, -0.25) is 4.79 Å². The lowest BCUT2D eigenvalue weighted by Gasteiger charge is -2.15. The third kappa shape index (κ3) is 3.72. The number of hydrogen-bond donors (Lipinski definition) is 2. The van der Waals surface area contributed by atoms with Gasteiger partial charge in [0.1, 0.15) is 17.2 Å². The summed E-state index contributed by atoms with van der Waals surface area (Å²) in [6, 6.07) is 17.5. The van der Waals surface area contributed by atoms with Crippen LogP contribution in [-0.2, 0) is 6.54 Å². The van der Waals surface area contributed by atoms with Crippen LogP contribution in [0.2, 0.25) is 0 Å². The minimum absolute atomic E-state index is 0.142. The molecule has 0 spiro atoms. The van der Waals surface area contributed by atoms with Crippen LogP contribution < -0.4 is 20.3 Å². The molecule has 26 heavy (non-hydrogen) atoms. The predicted molar refractivity (Wildman–Crippen MR) is 104 cm³/mol. The molecule has 134 valence electrons. The summed E-state index contributed by atoms with van der Waals surface area (Å²) >= 11 is 0. The zero-order valence-electron chi connectivity index (χ0n) is 15.1. The van der Waals surface area contributed by atoms with Gasteiger partial charge in [-0.05, 0) is 30.7 Å². The fourth-order valence-electron chi connectivity index (χ4n) is 2.89. The van der Waals surface area contributed by atoms with Gasteiger partial charge in [0.05, 0.1) is 14.2 Å². The highest BCUT2D eigenvalue weighted by atomic mass is 16.5. The number of H-pyrrole nitrogens is 1. The summed E-state index contributed by atoms with van der Waals surface area (Å²) < 4.78 is 10.7. The molecule has 0 aliphatic rings. The van der Waals surface area contributed by atoms with Gasteiger partial charge in [0, 0.05) is 29.4 Å². The Bertz CT molecular complexity index is 949. The maximum Gasteiger partial charge on any atom is 0.272 e. The molecule has 0 atom stereocenters. The second-order valence-electron chi connectivity index (χ2n) is 5.97. The molecule has 0 fully saturated rings. The monoisotopic (exact) mass is 350 g/mol. The molecule has 5 nitrogen and oxygen atoms in total. The van der Waals surface area contributed by atoms with Crippen LogP contribution in [0.3, 0.4) is 0 Å². The topological polar surface area (TPSA) is 63.3 Å². The van der Waals surface area contributed by atoms with E-state index in [1.807, 2.05) is 61.5 Å². The van der Waals surface area contributed by atoms with Crippen LogP contribution >= 0.6 is 0 Å². The zero-order chi connectivity index (χ0) is 18.5. The average Bonchev–Trinajstić information content (AvgIpc) is 2.67. The highest BCUT2D eigenvalue weighted by molar-refractivity contribution is 5.77. The number of aromatic amines is 1. The molecule has 0 aliphatic heterocycles. The van der Waals surface area contributed by atoms with Gasteiger partial charge >= 0.3 is 0 Å². The number of rotatable bonds is 6. The Morgan fingerprint density at radius 3 is 2.46 bits per heavy atom. The number of methoxy groups -OCH3 is 2. The number of ether oxygens (including phenoxy) is 2. The number of aromatic nitrogens is 1. The molecular weight excluding hydrogens is 328 g/mol. The average molecular weight is 350 g/mol. The van der Waals surface area contributed by atoms with Crippen molar-refractivity contribution in [3.8, 4) is 22.6 Å². The first-order valence-corrected chi connectivity index (χ1v) is 8.36. The smallest absolute Gasteiger partial charge is 0.272 e. The number of hydrogen-bond acceptors (Lipinski definition) is 4. The van der Waals surface area contributed by atoms with Crippen LogP contribution in [-0.4, -0.2) is 19.2 Å². The number of anilines is 1. The van der Waals surface area contributed by atoms with E-state index < -0.39 is 0 Å². The Labute approximate surface area is 152 Å². The van der Waals surface area contributed by atoms with E-state index in [0.29, 0.717) is 18.0 Å². The van der Waals surface area contributed by atoms with Crippen molar-refractivity contribution in [2.24, 2.45) is 0 Å². The summed E-state index contributed by atoms with van der Waals surface area (Å²) in [5, 5.41) is 3.27. The summed E-state index contributed by atoms with van der Waals surface area (Å²) in [7, 11) is 3.23. The minimum Gasteiger partial charge on any atom is -0.497 e. The van der Waals surface area contributed by atoms with Gasteiger partial charge in [0.2, 0.25) is 0 Å². The first kappa shape index (κ1) is 17.6. The van der Waals surface area contributed by atoms with Crippen LogP contribution in [0.4, 0.5) is 5.69 Å². The number of aryl methyl sites for hydroxylation is 1. The third-order valence-corrected chi connectivity index (χ3v) is 4.20. The van der Waals surface area contributed by atoms with E-state index in [1.165, 1.54) is 0 Å². The van der Waals surface area contributed by atoms with E-state index in [4.69, 9.17) is 9.47 Å². The van der Waals surface area contributed by atoms with Gasteiger partial charge in [-0.1, -0.05) is 30.3 Å². The van der Waals surface area contributed by atoms with E-state index in [9.17, 15) is 4.79 Å². The van der Waals surface area contributed by atoms with Crippen molar-refractivity contribution >= 4 is 5.69 Å². The molecule has 0 radical (unpaired) electrons. The van der Waals surface area contributed by atoms with E-state index in [1.54, 1.807) is 14.2 Å². The molecule has 1 aromatic heterocycles. The summed E-state index contributed by atoms with van der Waals surface area (Å²) in [6.07, 6.45) is 0. The van der Waals surface area contributed by atoms with Crippen molar-refractivity contribution in [3.63, 3.8) is 0 Å². The lowest BCUT2D eigenvalue weighted by Crippen LogP contribution is -2.16. The first-order valence-electron chi connectivity index (χ1n) is 8.36. The normalized spacial score (nSPS) is 10.4. The van der Waals surface area contributed by atoms with Crippen molar-refractivity contribution in [3.05, 3.63) is 76.2 Å². The molecule has 0 saturated heterocycles. The molecule has 0 aliphatic carbocycles. The molecule has 3 rings (SSSR count). The van der Waals surface area contributed by atoms with Crippen molar-refractivity contribution in [1.82, 2.24) is 4.98 Å². The molecule has 2 N–H and O–H groups in total. The molecule has 0 amide bonds. The number of nitrogens with one attached hydrogen (secondary N) is 2. The quantitative estimate of drug-likeness (QED) is 0.706. The number of benzene rings is 2. The Balaban J connectivity index is 1.95. The van der Waals surface area contributed by atoms with Gasteiger partial charge in [-0.2, -0.15) is 0 Å². The fraction of sp³-hybridized carbons (Fsp3) is 0.190. The van der Waals surface area contributed by atoms with Crippen LogP contribution in [0.1, 0.15) is 11.3 Å². The fourth-order valence-corrected chi connectivity index (χ4v) is 2.89. The summed E-state index contributed by atoms with van der Waals surface area (Å²) in [5.41, 5.74) is 4.02. The SMILES string of the molecule is COc1ccc(CNc2c(-c3ccccc3)cc(C)[nH]c2=O)c(OC)c1. The van der Waals surface area contributed by atoms with Crippen molar-refractivity contribution in [1.29, 1.82) is 0 Å². The Hall–Kier alpha value is -3.21. The van der Waals surface area contributed by atoms with Gasteiger partial charge in [0.25, 0.3) is 5.56 Å². The van der Waals surface area contributed by atoms with Gasteiger partial charge in [0.15, 0.2) is 0 Å². The van der Waals surface area contributed by atoms with Crippen LogP contribution in [0.5, 0.6) is 11.5 Å². The van der Waals surface area contributed by atoms with Gasteiger partial charge in [-0.15, -0.1) is 0 Å². The predicted octanol–water partition coefficient (Wildman–Crippen LogP) is 3.98. The standard InChI is InChI=1S/C21H22N2O3/c1-14-11-18(15-7-5-4-6-8-15)20(21(24)23-14)22-13-16-9-10-17(25-2)12-19(16)26-3/h4-12,22H,13H2,1-3H3,(H,23,24). The molecule has 5 heteroatoms. The highest BCUT2D eigenvalue weighted by Gasteiger charge is 2.12. The summed E-state index contributed by atoms with van der Waals surface area (Å²) in [4.78, 5) is 15.4. The van der Waals surface area contributed by atoms with E-state index in [0.717, 1.165) is 28.1 Å². The number of pyridine rings is 1. The summed E-state index contributed by atoms with van der Waals surface area (Å²) in [5.74, 6) is 1.44. The molecule has 2 aromatic carbocycles. The maximum atomic E-state index is 12.5. The molecule has 1 heterocycles. The largest absolute Gasteiger partial charge is 0.497 e. The van der Waals surface area contributed by atoms with E-state index >= 15 is 0 Å². The van der Waals surface area contributed by atoms with Crippen molar-refractivity contribution in [2.75, 3.05) is 19.5 Å². The van der Waals surface area contributed by atoms with Gasteiger partial charge in [-0.25, -0.2) is 0 Å². The highest BCUT2D eigenvalue weighted by Crippen LogP contribution is 2.28. The first-order chi connectivity index (χ1) is 12.6. The summed E-state index contributed by atoms with van der Waals surface area (Å²) in [6.45, 7) is 2.34. The van der Waals surface area contributed by atoms with Crippen LogP contribution in [0.15, 0.2) is 59.4 Å². The van der Waals surface area contributed by atoms with Crippen molar-refractivity contribution < 1.29 is 9.47 Å². The molecule has 3 aromatic rings. The van der Waals surface area contributed by atoms with Gasteiger partial charge < -0.3 is 19.8 Å². The van der Waals surface area contributed by atoms with E-state index in [-0.39, 0.29) is 5.56 Å². The van der Waals surface area contributed by atoms with Crippen LogP contribution in [0, 0.1) is 6.92 Å². The Morgan fingerprint density at radius 2 is 1.77 bits per heavy atom.